The van der Waals surface area contributed by atoms with Crippen LogP contribution in [0.2, 0.25) is 10.0 Å². The van der Waals surface area contributed by atoms with E-state index in [2.05, 4.69) is 5.32 Å². The SMILES string of the molecule is O=C(Cc1c(Cl)cccc1Cl)NC(Cc1coc2ccccc12)B(O)O. The molecule has 1 unspecified atom stereocenters. The second kappa shape index (κ2) is 8.14. The fourth-order valence-corrected chi connectivity index (χ4v) is 3.31. The Labute approximate surface area is 160 Å². The van der Waals surface area contributed by atoms with Crippen LogP contribution in [0.15, 0.2) is 53.1 Å². The Morgan fingerprint density at radius 3 is 2.50 bits per heavy atom. The third kappa shape index (κ3) is 4.22. The Bertz CT molecular complexity index is 908. The van der Waals surface area contributed by atoms with E-state index >= 15 is 0 Å². The summed E-state index contributed by atoms with van der Waals surface area (Å²) in [5, 5.41) is 23.6. The third-order valence-corrected chi connectivity index (χ3v) is 4.81. The number of rotatable bonds is 6. The molecule has 0 saturated carbocycles. The minimum absolute atomic E-state index is 0.0616. The summed E-state index contributed by atoms with van der Waals surface area (Å²) in [6, 6.07) is 12.4. The number of benzene rings is 2. The minimum atomic E-state index is -1.73. The summed E-state index contributed by atoms with van der Waals surface area (Å²) in [5.74, 6) is -1.31. The summed E-state index contributed by atoms with van der Waals surface area (Å²) >= 11 is 12.2. The van der Waals surface area contributed by atoms with Crippen molar-refractivity contribution in [1.29, 1.82) is 0 Å². The first kappa shape index (κ1) is 18.8. The largest absolute Gasteiger partial charge is 0.475 e. The van der Waals surface area contributed by atoms with E-state index < -0.39 is 19.0 Å². The van der Waals surface area contributed by atoms with Crippen molar-refractivity contribution in [2.24, 2.45) is 0 Å². The molecule has 0 aliphatic carbocycles. The zero-order chi connectivity index (χ0) is 18.7. The molecule has 0 radical (unpaired) electrons. The smallest absolute Gasteiger partial charge is 0.464 e. The Balaban J connectivity index is 1.73. The number of nitrogens with one attached hydrogen (secondary N) is 1. The standard InChI is InChI=1S/C18H16BCl2NO4/c20-14-5-3-6-15(21)13(14)9-18(23)22-17(19(24)25)8-11-10-26-16-7-2-1-4-12(11)16/h1-7,10,17,24-25H,8-9H2,(H,22,23). The molecule has 0 bridgehead atoms. The molecule has 3 aromatic rings. The Hall–Kier alpha value is -1.99. The van der Waals surface area contributed by atoms with Gasteiger partial charge in [-0.2, -0.15) is 0 Å². The maximum Gasteiger partial charge on any atom is 0.475 e. The lowest BCUT2D eigenvalue weighted by Crippen LogP contribution is -2.48. The van der Waals surface area contributed by atoms with E-state index in [1.165, 1.54) is 0 Å². The van der Waals surface area contributed by atoms with E-state index in [1.807, 2.05) is 24.3 Å². The van der Waals surface area contributed by atoms with Crippen LogP contribution in [-0.2, 0) is 17.6 Å². The highest BCUT2D eigenvalue weighted by molar-refractivity contribution is 6.43. The first-order chi connectivity index (χ1) is 12.5. The van der Waals surface area contributed by atoms with Gasteiger partial charge in [0.2, 0.25) is 5.91 Å². The van der Waals surface area contributed by atoms with Gasteiger partial charge in [0.25, 0.3) is 0 Å². The predicted molar refractivity (Wildman–Crippen MR) is 102 cm³/mol. The summed E-state index contributed by atoms with van der Waals surface area (Å²) in [6.45, 7) is 0. The van der Waals surface area contributed by atoms with Gasteiger partial charge in [-0.05, 0) is 35.7 Å². The van der Waals surface area contributed by atoms with Crippen LogP contribution in [0.1, 0.15) is 11.1 Å². The molecule has 1 heterocycles. The molecular formula is C18H16BCl2NO4. The quantitative estimate of drug-likeness (QED) is 0.564. The number of para-hydroxylation sites is 1. The van der Waals surface area contributed by atoms with Gasteiger partial charge in [-0.1, -0.05) is 47.5 Å². The fourth-order valence-electron chi connectivity index (χ4n) is 2.78. The van der Waals surface area contributed by atoms with Crippen LogP contribution in [0.5, 0.6) is 0 Å². The van der Waals surface area contributed by atoms with Crippen molar-refractivity contribution in [2.75, 3.05) is 0 Å². The van der Waals surface area contributed by atoms with Crippen LogP contribution in [0.4, 0.5) is 0 Å². The van der Waals surface area contributed by atoms with Crippen LogP contribution in [-0.4, -0.2) is 29.0 Å². The summed E-state index contributed by atoms with van der Waals surface area (Å²) < 4.78 is 5.45. The van der Waals surface area contributed by atoms with Crippen molar-refractivity contribution in [3.05, 3.63) is 69.9 Å². The first-order valence-electron chi connectivity index (χ1n) is 7.99. The zero-order valence-electron chi connectivity index (χ0n) is 13.7. The number of carbonyl (C=O) groups is 1. The second-order valence-electron chi connectivity index (χ2n) is 5.93. The fraction of sp³-hybridized carbons (Fsp3) is 0.167. The zero-order valence-corrected chi connectivity index (χ0v) is 15.2. The number of carbonyl (C=O) groups excluding carboxylic acids is 1. The molecule has 3 rings (SSSR count). The summed E-state index contributed by atoms with van der Waals surface area (Å²) in [5.41, 5.74) is 1.96. The molecule has 0 aliphatic heterocycles. The Morgan fingerprint density at radius 2 is 1.81 bits per heavy atom. The second-order valence-corrected chi connectivity index (χ2v) is 6.74. The maximum atomic E-state index is 12.3. The monoisotopic (exact) mass is 391 g/mol. The van der Waals surface area contributed by atoms with Crippen molar-refractivity contribution >= 4 is 47.2 Å². The van der Waals surface area contributed by atoms with Gasteiger partial charge in [0.15, 0.2) is 0 Å². The van der Waals surface area contributed by atoms with Crippen molar-refractivity contribution in [3.8, 4) is 0 Å². The molecule has 1 amide bonds. The Kier molecular flexibility index (Phi) is 5.89. The van der Waals surface area contributed by atoms with Crippen molar-refractivity contribution in [3.63, 3.8) is 0 Å². The van der Waals surface area contributed by atoms with E-state index in [0.29, 0.717) is 21.2 Å². The van der Waals surface area contributed by atoms with Crippen molar-refractivity contribution < 1.29 is 19.3 Å². The van der Waals surface area contributed by atoms with Gasteiger partial charge in [0.05, 0.1) is 18.6 Å². The molecule has 3 N–H and O–H groups in total. The topological polar surface area (TPSA) is 82.7 Å². The van der Waals surface area contributed by atoms with Gasteiger partial charge < -0.3 is 19.8 Å². The van der Waals surface area contributed by atoms with Gasteiger partial charge in [-0.3, -0.25) is 4.79 Å². The Morgan fingerprint density at radius 1 is 1.12 bits per heavy atom. The molecule has 0 aliphatic rings. The average Bonchev–Trinajstić information content (AvgIpc) is 3.01. The average molecular weight is 392 g/mol. The van der Waals surface area contributed by atoms with Crippen molar-refractivity contribution in [1.82, 2.24) is 5.32 Å². The van der Waals surface area contributed by atoms with Crippen molar-refractivity contribution in [2.45, 2.75) is 18.8 Å². The number of fused-ring (bicyclic) bond motifs is 1. The molecule has 1 atom stereocenters. The lowest BCUT2D eigenvalue weighted by Gasteiger charge is -2.18. The highest BCUT2D eigenvalue weighted by Crippen LogP contribution is 2.25. The van der Waals surface area contributed by atoms with Crippen LogP contribution in [0, 0.1) is 0 Å². The van der Waals surface area contributed by atoms with Gasteiger partial charge in [0, 0.05) is 15.4 Å². The lowest BCUT2D eigenvalue weighted by molar-refractivity contribution is -0.120. The highest BCUT2D eigenvalue weighted by Gasteiger charge is 2.27. The van der Waals surface area contributed by atoms with E-state index in [-0.39, 0.29) is 12.8 Å². The summed E-state index contributed by atoms with van der Waals surface area (Å²) in [4.78, 5) is 12.3. The molecule has 5 nitrogen and oxygen atoms in total. The van der Waals surface area contributed by atoms with Gasteiger partial charge in [0.1, 0.15) is 5.58 Å². The number of amides is 1. The number of hydrogen-bond donors (Lipinski definition) is 3. The highest BCUT2D eigenvalue weighted by atomic mass is 35.5. The van der Waals surface area contributed by atoms with Crippen LogP contribution >= 0.6 is 23.2 Å². The maximum absolute atomic E-state index is 12.3. The molecule has 26 heavy (non-hydrogen) atoms. The number of hydrogen-bond acceptors (Lipinski definition) is 4. The number of halogens is 2. The molecule has 0 spiro atoms. The molecule has 0 fully saturated rings. The van der Waals surface area contributed by atoms with Gasteiger partial charge in [-0.15, -0.1) is 0 Å². The summed E-state index contributed by atoms with van der Waals surface area (Å²) in [6.07, 6.45) is 1.70. The predicted octanol–water partition coefficient (Wildman–Crippen LogP) is 3.02. The molecule has 8 heteroatoms. The molecule has 0 saturated heterocycles. The van der Waals surface area contributed by atoms with Crippen LogP contribution in [0.25, 0.3) is 11.0 Å². The molecular weight excluding hydrogens is 376 g/mol. The van der Waals surface area contributed by atoms with Gasteiger partial charge in [-0.25, -0.2) is 0 Å². The van der Waals surface area contributed by atoms with E-state index in [4.69, 9.17) is 27.6 Å². The lowest BCUT2D eigenvalue weighted by atomic mass is 9.75. The normalized spacial score (nSPS) is 12.2. The first-order valence-corrected chi connectivity index (χ1v) is 8.75. The third-order valence-electron chi connectivity index (χ3n) is 4.11. The molecule has 1 aromatic heterocycles. The van der Waals surface area contributed by atoms with E-state index in [1.54, 1.807) is 24.5 Å². The van der Waals surface area contributed by atoms with E-state index in [9.17, 15) is 14.8 Å². The summed E-state index contributed by atoms with van der Waals surface area (Å²) in [7, 11) is -1.73. The molecule has 2 aromatic carbocycles. The molecule has 134 valence electrons. The minimum Gasteiger partial charge on any atom is -0.464 e. The van der Waals surface area contributed by atoms with Crippen LogP contribution in [0.3, 0.4) is 0 Å². The van der Waals surface area contributed by atoms with E-state index in [0.717, 1.165) is 10.9 Å². The van der Waals surface area contributed by atoms with Crippen LogP contribution < -0.4 is 5.32 Å². The van der Waals surface area contributed by atoms with Gasteiger partial charge >= 0.3 is 7.12 Å². The number of furan rings is 1.